The number of hydrogen-bond donors (Lipinski definition) is 3. The van der Waals surface area contributed by atoms with Crippen molar-refractivity contribution in [1.29, 1.82) is 0 Å². The number of nitrogens with one attached hydrogen (secondary N) is 2. The Morgan fingerprint density at radius 1 is 1.17 bits per heavy atom. The Bertz CT molecular complexity index is 485. The molecule has 1 spiro atoms. The number of anilines is 1. The Hall–Kier alpha value is -2.04. The first-order valence-electron chi connectivity index (χ1n) is 6.30. The van der Waals surface area contributed by atoms with Crippen LogP contribution in [0.25, 0.3) is 0 Å². The van der Waals surface area contributed by atoms with Crippen molar-refractivity contribution in [1.82, 2.24) is 5.32 Å². The zero-order valence-electron chi connectivity index (χ0n) is 10.2. The van der Waals surface area contributed by atoms with E-state index in [1.807, 2.05) is 30.3 Å². The Balaban J connectivity index is 1.79. The number of aliphatic imine (C=N–C) groups is 2. The van der Waals surface area contributed by atoms with Crippen LogP contribution >= 0.6 is 0 Å². The van der Waals surface area contributed by atoms with Crippen LogP contribution in [0.5, 0.6) is 0 Å². The Morgan fingerprint density at radius 3 is 2.61 bits per heavy atom. The molecule has 1 aliphatic heterocycles. The van der Waals surface area contributed by atoms with E-state index >= 15 is 0 Å². The number of nitrogens with two attached hydrogens (primary N) is 1. The van der Waals surface area contributed by atoms with Gasteiger partial charge in [-0.15, -0.1) is 0 Å². The number of hydrogen-bond acceptors (Lipinski definition) is 5. The molecule has 0 bridgehead atoms. The molecule has 18 heavy (non-hydrogen) atoms. The van der Waals surface area contributed by atoms with E-state index in [0.717, 1.165) is 18.5 Å². The molecule has 1 saturated carbocycles. The van der Waals surface area contributed by atoms with Gasteiger partial charge in [-0.05, 0) is 37.8 Å². The van der Waals surface area contributed by atoms with Crippen LogP contribution in [-0.4, -0.2) is 17.6 Å². The van der Waals surface area contributed by atoms with E-state index in [4.69, 9.17) is 5.73 Å². The van der Waals surface area contributed by atoms with Crippen molar-refractivity contribution in [2.24, 2.45) is 15.7 Å². The van der Waals surface area contributed by atoms with E-state index in [1.165, 1.54) is 12.8 Å². The summed E-state index contributed by atoms with van der Waals surface area (Å²) in [6.07, 6.45) is 4.40. The molecule has 2 aliphatic rings. The molecular formula is C13H17N5. The standard InChI is InChI=1S/C13H17N5/c14-11-16-12(15-10-6-2-1-3-7-10)18-13(17-11)8-4-5-9-13/h1-3,6-7H,4-5,8-9H2,(H4,14,15,16,17,18). The SMILES string of the molecule is NC1=NC2(CCCC2)NC(Nc2ccccc2)=N1. The Labute approximate surface area is 106 Å². The van der Waals surface area contributed by atoms with Gasteiger partial charge in [0.1, 0.15) is 5.66 Å². The van der Waals surface area contributed by atoms with Crippen LogP contribution in [0.1, 0.15) is 25.7 Å². The average molecular weight is 243 g/mol. The fourth-order valence-electron chi connectivity index (χ4n) is 2.55. The molecule has 1 aromatic carbocycles. The van der Waals surface area contributed by atoms with E-state index in [2.05, 4.69) is 20.6 Å². The van der Waals surface area contributed by atoms with Gasteiger partial charge in [-0.2, -0.15) is 4.99 Å². The van der Waals surface area contributed by atoms with E-state index in [9.17, 15) is 0 Å². The lowest BCUT2D eigenvalue weighted by atomic mass is 10.1. The van der Waals surface area contributed by atoms with Crippen molar-refractivity contribution >= 4 is 17.6 Å². The molecule has 0 unspecified atom stereocenters. The molecule has 0 atom stereocenters. The van der Waals surface area contributed by atoms with E-state index in [1.54, 1.807) is 0 Å². The third kappa shape index (κ3) is 2.16. The van der Waals surface area contributed by atoms with Crippen LogP contribution in [0.15, 0.2) is 40.3 Å². The lowest BCUT2D eigenvalue weighted by molar-refractivity contribution is 0.404. The van der Waals surface area contributed by atoms with Gasteiger partial charge >= 0.3 is 0 Å². The van der Waals surface area contributed by atoms with Gasteiger partial charge in [-0.1, -0.05) is 18.2 Å². The smallest absolute Gasteiger partial charge is 0.220 e. The third-order valence-corrected chi connectivity index (χ3v) is 3.37. The molecule has 4 N–H and O–H groups in total. The maximum atomic E-state index is 5.82. The molecule has 5 nitrogen and oxygen atoms in total. The molecule has 1 heterocycles. The first-order chi connectivity index (χ1) is 8.76. The molecule has 1 fully saturated rings. The second-order valence-corrected chi connectivity index (χ2v) is 4.79. The van der Waals surface area contributed by atoms with Gasteiger partial charge in [0.25, 0.3) is 0 Å². The topological polar surface area (TPSA) is 74.8 Å². The molecule has 0 radical (unpaired) electrons. The maximum absolute atomic E-state index is 5.82. The van der Waals surface area contributed by atoms with Gasteiger partial charge in [0.15, 0.2) is 0 Å². The number of benzene rings is 1. The molecule has 1 aliphatic carbocycles. The minimum atomic E-state index is -0.233. The van der Waals surface area contributed by atoms with E-state index in [0.29, 0.717) is 11.9 Å². The molecule has 0 saturated heterocycles. The first kappa shape index (κ1) is 11.1. The van der Waals surface area contributed by atoms with Gasteiger partial charge in [-0.3, -0.25) is 0 Å². The summed E-state index contributed by atoms with van der Waals surface area (Å²) in [5.41, 5.74) is 6.57. The second-order valence-electron chi connectivity index (χ2n) is 4.79. The molecule has 1 aromatic rings. The monoisotopic (exact) mass is 243 g/mol. The van der Waals surface area contributed by atoms with Gasteiger partial charge in [0, 0.05) is 5.69 Å². The van der Waals surface area contributed by atoms with Crippen molar-refractivity contribution < 1.29 is 0 Å². The summed E-state index contributed by atoms with van der Waals surface area (Å²) in [5, 5.41) is 6.62. The molecule has 94 valence electrons. The number of nitrogens with zero attached hydrogens (tertiary/aromatic N) is 2. The number of guanidine groups is 2. The predicted molar refractivity (Wildman–Crippen MR) is 73.5 cm³/mol. The largest absolute Gasteiger partial charge is 0.368 e. The summed E-state index contributed by atoms with van der Waals surface area (Å²) in [6, 6.07) is 9.93. The fourth-order valence-corrected chi connectivity index (χ4v) is 2.55. The van der Waals surface area contributed by atoms with Crippen LogP contribution in [-0.2, 0) is 0 Å². The molecule has 0 aromatic heterocycles. The normalized spacial score (nSPS) is 21.1. The lowest BCUT2D eigenvalue weighted by Gasteiger charge is -2.31. The van der Waals surface area contributed by atoms with Crippen molar-refractivity contribution in [2.45, 2.75) is 31.3 Å². The van der Waals surface area contributed by atoms with Crippen molar-refractivity contribution in [3.63, 3.8) is 0 Å². The predicted octanol–water partition coefficient (Wildman–Crippen LogP) is 1.64. The summed E-state index contributed by atoms with van der Waals surface area (Å²) < 4.78 is 0. The minimum absolute atomic E-state index is 0.233. The quantitative estimate of drug-likeness (QED) is 0.702. The van der Waals surface area contributed by atoms with Crippen molar-refractivity contribution in [2.75, 3.05) is 5.32 Å². The van der Waals surface area contributed by atoms with Crippen LogP contribution < -0.4 is 16.4 Å². The third-order valence-electron chi connectivity index (χ3n) is 3.37. The zero-order chi connectivity index (χ0) is 12.4. The fraction of sp³-hybridized carbons (Fsp3) is 0.385. The molecular weight excluding hydrogens is 226 g/mol. The van der Waals surface area contributed by atoms with E-state index in [-0.39, 0.29) is 5.66 Å². The summed E-state index contributed by atoms with van der Waals surface area (Å²) in [6.45, 7) is 0. The summed E-state index contributed by atoms with van der Waals surface area (Å²) >= 11 is 0. The highest BCUT2D eigenvalue weighted by atomic mass is 15.3. The maximum Gasteiger partial charge on any atom is 0.220 e. The lowest BCUT2D eigenvalue weighted by Crippen LogP contribution is -2.51. The van der Waals surface area contributed by atoms with Gasteiger partial charge in [0.2, 0.25) is 11.9 Å². The van der Waals surface area contributed by atoms with Crippen LogP contribution in [0.2, 0.25) is 0 Å². The Kier molecular flexibility index (Phi) is 2.66. The zero-order valence-corrected chi connectivity index (χ0v) is 10.2. The van der Waals surface area contributed by atoms with Crippen LogP contribution in [0.4, 0.5) is 5.69 Å². The average Bonchev–Trinajstić information content (AvgIpc) is 2.77. The van der Waals surface area contributed by atoms with Crippen LogP contribution in [0.3, 0.4) is 0 Å². The van der Waals surface area contributed by atoms with Gasteiger partial charge in [0.05, 0.1) is 0 Å². The van der Waals surface area contributed by atoms with E-state index < -0.39 is 0 Å². The van der Waals surface area contributed by atoms with Crippen molar-refractivity contribution in [3.8, 4) is 0 Å². The molecule has 0 amide bonds. The number of rotatable bonds is 1. The summed E-state index contributed by atoms with van der Waals surface area (Å²) in [4.78, 5) is 8.68. The summed E-state index contributed by atoms with van der Waals surface area (Å²) in [7, 11) is 0. The molecule has 5 heteroatoms. The number of para-hydroxylation sites is 1. The Morgan fingerprint density at radius 2 is 1.89 bits per heavy atom. The highest BCUT2D eigenvalue weighted by molar-refractivity contribution is 6.03. The van der Waals surface area contributed by atoms with Gasteiger partial charge in [-0.25, -0.2) is 4.99 Å². The van der Waals surface area contributed by atoms with Crippen molar-refractivity contribution in [3.05, 3.63) is 30.3 Å². The highest BCUT2D eigenvalue weighted by Gasteiger charge is 2.36. The highest BCUT2D eigenvalue weighted by Crippen LogP contribution is 2.32. The minimum Gasteiger partial charge on any atom is -0.368 e. The second kappa shape index (κ2) is 4.33. The van der Waals surface area contributed by atoms with Crippen LogP contribution in [0, 0.1) is 0 Å². The van der Waals surface area contributed by atoms with Gasteiger partial charge < -0.3 is 16.4 Å². The first-order valence-corrected chi connectivity index (χ1v) is 6.30. The molecule has 3 rings (SSSR count). The summed E-state index contributed by atoms with van der Waals surface area (Å²) in [5.74, 6) is 1.05.